The summed E-state index contributed by atoms with van der Waals surface area (Å²) < 4.78 is 11.4. The van der Waals surface area contributed by atoms with Gasteiger partial charge in [0.05, 0.1) is 13.2 Å². The molecule has 0 spiro atoms. The Balaban J connectivity index is 0.00000280. The zero-order chi connectivity index (χ0) is 19.1. The number of hydrogen-bond acceptors (Lipinski definition) is 4. The molecule has 1 saturated heterocycles. The van der Waals surface area contributed by atoms with E-state index in [2.05, 4.69) is 15.2 Å². The van der Waals surface area contributed by atoms with Gasteiger partial charge in [-0.15, -0.1) is 24.0 Å². The normalized spacial score (nSPS) is 18.8. The molecule has 2 aliphatic rings. The number of benzene rings is 1. The summed E-state index contributed by atoms with van der Waals surface area (Å²) in [5.74, 6) is 2.65. The number of methoxy groups -OCH3 is 1. The van der Waals surface area contributed by atoms with Crippen LogP contribution in [0.2, 0.25) is 0 Å². The molecule has 28 heavy (non-hydrogen) atoms. The largest absolute Gasteiger partial charge is 0.508 e. The zero-order valence-corrected chi connectivity index (χ0v) is 19.4. The maximum Gasteiger partial charge on any atom is 0.193 e. The van der Waals surface area contributed by atoms with Crippen LogP contribution in [0.4, 0.5) is 0 Å². The minimum Gasteiger partial charge on any atom is -0.508 e. The Bertz CT molecular complexity index is 627. The number of phenolic OH excluding ortho intramolecular Hbond substituents is 1. The maximum absolute atomic E-state index is 10.0. The third-order valence-electron chi connectivity index (χ3n) is 5.72. The number of aliphatic imine (C=N–C) groups is 1. The molecular weight excluding hydrogens is 469 g/mol. The van der Waals surface area contributed by atoms with Crippen molar-refractivity contribution in [3.05, 3.63) is 23.8 Å². The first kappa shape index (κ1) is 23.1. The minimum absolute atomic E-state index is 0. The Morgan fingerprint density at radius 3 is 2.57 bits per heavy atom. The van der Waals surface area contributed by atoms with Gasteiger partial charge in [0.1, 0.15) is 11.5 Å². The number of phenols is 1. The Kier molecular flexibility index (Phi) is 9.64. The van der Waals surface area contributed by atoms with Crippen molar-refractivity contribution < 1.29 is 14.6 Å². The van der Waals surface area contributed by atoms with Crippen molar-refractivity contribution in [3.63, 3.8) is 0 Å². The lowest BCUT2D eigenvalue weighted by Gasteiger charge is -2.34. The molecule has 1 saturated carbocycles. The van der Waals surface area contributed by atoms with Gasteiger partial charge in [0, 0.05) is 38.9 Å². The quantitative estimate of drug-likeness (QED) is 0.352. The summed E-state index contributed by atoms with van der Waals surface area (Å²) in [6.45, 7) is 3.33. The standard InChI is InChI=1S/C21H33N3O3.HI/c1-22-21(23-14-17-13-19(26-2)7-8-20(17)25)24-11-9-18(10-12-24)27-15-16-5-3-4-6-16;/h7-8,13,16,18,25H,3-6,9-12,14-15H2,1-2H3,(H,22,23);1H. The number of nitrogens with zero attached hydrogens (tertiary/aromatic N) is 2. The van der Waals surface area contributed by atoms with E-state index in [0.29, 0.717) is 12.6 Å². The van der Waals surface area contributed by atoms with Crippen molar-refractivity contribution in [1.82, 2.24) is 10.2 Å². The van der Waals surface area contributed by atoms with Crippen LogP contribution in [0.1, 0.15) is 44.1 Å². The van der Waals surface area contributed by atoms with Gasteiger partial charge in [-0.05, 0) is 49.8 Å². The van der Waals surface area contributed by atoms with Crippen molar-refractivity contribution in [2.24, 2.45) is 10.9 Å². The predicted molar refractivity (Wildman–Crippen MR) is 123 cm³/mol. The number of halogens is 1. The number of likely N-dealkylation sites (tertiary alicyclic amines) is 1. The first-order chi connectivity index (χ1) is 13.2. The van der Waals surface area contributed by atoms with E-state index in [-0.39, 0.29) is 29.7 Å². The van der Waals surface area contributed by atoms with Gasteiger partial charge < -0.3 is 24.8 Å². The van der Waals surface area contributed by atoms with Crippen LogP contribution in [0.25, 0.3) is 0 Å². The van der Waals surface area contributed by atoms with Crippen LogP contribution in [0.3, 0.4) is 0 Å². The molecular formula is C21H34IN3O3. The Morgan fingerprint density at radius 2 is 1.93 bits per heavy atom. The molecule has 1 heterocycles. The van der Waals surface area contributed by atoms with Gasteiger partial charge >= 0.3 is 0 Å². The topological polar surface area (TPSA) is 66.3 Å². The average Bonchev–Trinajstić information content (AvgIpc) is 3.22. The van der Waals surface area contributed by atoms with Crippen LogP contribution in [0, 0.1) is 5.92 Å². The van der Waals surface area contributed by atoms with Gasteiger partial charge in [-0.1, -0.05) is 12.8 Å². The second kappa shape index (κ2) is 11.7. The van der Waals surface area contributed by atoms with Gasteiger partial charge in [-0.3, -0.25) is 4.99 Å². The smallest absolute Gasteiger partial charge is 0.193 e. The molecule has 7 heteroatoms. The van der Waals surface area contributed by atoms with Gasteiger partial charge in [0.15, 0.2) is 5.96 Å². The molecule has 1 aromatic rings. The summed E-state index contributed by atoms with van der Waals surface area (Å²) in [6.07, 6.45) is 7.88. The highest BCUT2D eigenvalue weighted by Gasteiger charge is 2.24. The Labute approximate surface area is 185 Å². The van der Waals surface area contributed by atoms with E-state index in [0.717, 1.165) is 55.7 Å². The van der Waals surface area contributed by atoms with E-state index in [9.17, 15) is 5.11 Å². The van der Waals surface area contributed by atoms with Crippen LogP contribution >= 0.6 is 24.0 Å². The lowest BCUT2D eigenvalue weighted by Crippen LogP contribution is -2.46. The molecule has 6 nitrogen and oxygen atoms in total. The minimum atomic E-state index is 0. The van der Waals surface area contributed by atoms with Crippen LogP contribution in [0.15, 0.2) is 23.2 Å². The monoisotopic (exact) mass is 503 g/mol. The SMILES string of the molecule is CN=C(NCc1cc(OC)ccc1O)N1CCC(OCC2CCCC2)CC1.I. The number of hydrogen-bond donors (Lipinski definition) is 2. The molecule has 0 radical (unpaired) electrons. The molecule has 158 valence electrons. The third-order valence-corrected chi connectivity index (χ3v) is 5.72. The zero-order valence-electron chi connectivity index (χ0n) is 17.0. The predicted octanol–water partition coefficient (Wildman–Crippen LogP) is 3.77. The van der Waals surface area contributed by atoms with Gasteiger partial charge in [-0.25, -0.2) is 0 Å². The molecule has 0 bridgehead atoms. The van der Waals surface area contributed by atoms with Crippen molar-refractivity contribution in [2.75, 3.05) is 33.9 Å². The van der Waals surface area contributed by atoms with Crippen molar-refractivity contribution in [3.8, 4) is 11.5 Å². The maximum atomic E-state index is 10.0. The molecule has 1 aliphatic heterocycles. The number of aromatic hydroxyl groups is 1. The number of guanidine groups is 1. The van der Waals surface area contributed by atoms with E-state index in [4.69, 9.17) is 9.47 Å². The number of rotatable bonds is 6. The second-order valence-corrected chi connectivity index (χ2v) is 7.57. The Hall–Kier alpha value is -1.22. The molecule has 0 atom stereocenters. The van der Waals surface area contributed by atoms with Crippen molar-refractivity contribution >= 4 is 29.9 Å². The summed E-state index contributed by atoms with van der Waals surface area (Å²) in [4.78, 5) is 6.68. The first-order valence-electron chi connectivity index (χ1n) is 10.1. The number of ether oxygens (including phenoxy) is 2. The van der Waals surface area contributed by atoms with Crippen molar-refractivity contribution in [2.45, 2.75) is 51.2 Å². The summed E-state index contributed by atoms with van der Waals surface area (Å²) in [6, 6.07) is 5.26. The fourth-order valence-corrected chi connectivity index (χ4v) is 4.02. The highest BCUT2D eigenvalue weighted by atomic mass is 127. The highest BCUT2D eigenvalue weighted by Crippen LogP contribution is 2.26. The average molecular weight is 503 g/mol. The molecule has 2 fully saturated rings. The third kappa shape index (κ3) is 6.40. The van der Waals surface area contributed by atoms with Crippen LogP contribution in [0.5, 0.6) is 11.5 Å². The lowest BCUT2D eigenvalue weighted by atomic mass is 10.1. The molecule has 0 unspecified atom stereocenters. The molecule has 0 amide bonds. The van der Waals surface area contributed by atoms with E-state index in [1.807, 2.05) is 6.07 Å². The molecule has 1 aliphatic carbocycles. The fraction of sp³-hybridized carbons (Fsp3) is 0.667. The summed E-state index contributed by atoms with van der Waals surface area (Å²) in [5, 5.41) is 13.4. The van der Waals surface area contributed by atoms with E-state index >= 15 is 0 Å². The molecule has 0 aromatic heterocycles. The molecule has 3 rings (SSSR count). The van der Waals surface area contributed by atoms with Gasteiger partial charge in [0.25, 0.3) is 0 Å². The molecule has 1 aromatic carbocycles. The van der Waals surface area contributed by atoms with E-state index in [1.54, 1.807) is 26.3 Å². The van der Waals surface area contributed by atoms with Crippen molar-refractivity contribution in [1.29, 1.82) is 0 Å². The van der Waals surface area contributed by atoms with Gasteiger partial charge in [0.2, 0.25) is 0 Å². The van der Waals surface area contributed by atoms with Crippen LogP contribution < -0.4 is 10.1 Å². The second-order valence-electron chi connectivity index (χ2n) is 7.57. The summed E-state index contributed by atoms with van der Waals surface area (Å²) in [7, 11) is 3.43. The van der Waals surface area contributed by atoms with E-state index in [1.165, 1.54) is 25.7 Å². The summed E-state index contributed by atoms with van der Waals surface area (Å²) >= 11 is 0. The Morgan fingerprint density at radius 1 is 1.21 bits per heavy atom. The fourth-order valence-electron chi connectivity index (χ4n) is 4.02. The van der Waals surface area contributed by atoms with Gasteiger partial charge in [-0.2, -0.15) is 0 Å². The highest BCUT2D eigenvalue weighted by molar-refractivity contribution is 14.0. The van der Waals surface area contributed by atoms with E-state index < -0.39 is 0 Å². The van der Waals surface area contributed by atoms with Crippen LogP contribution in [-0.2, 0) is 11.3 Å². The lowest BCUT2D eigenvalue weighted by molar-refractivity contribution is 0.00101. The van der Waals surface area contributed by atoms with Crippen LogP contribution in [-0.4, -0.2) is 55.9 Å². The number of piperidine rings is 1. The summed E-state index contributed by atoms with van der Waals surface area (Å²) in [5.41, 5.74) is 0.797. The number of nitrogens with one attached hydrogen (secondary N) is 1. The first-order valence-corrected chi connectivity index (χ1v) is 10.1. The molecule has 2 N–H and O–H groups in total.